The lowest BCUT2D eigenvalue weighted by Gasteiger charge is -2.29. The van der Waals surface area contributed by atoms with E-state index in [9.17, 15) is 4.39 Å². The van der Waals surface area contributed by atoms with Crippen molar-refractivity contribution in [1.82, 2.24) is 21.1 Å². The smallest absolute Gasteiger partial charge is 0.303 e. The monoisotopic (exact) mass is 460 g/mol. The lowest BCUT2D eigenvalue weighted by molar-refractivity contribution is -0.0457. The number of aliphatic imine (C=N–C) groups is 1. The lowest BCUT2D eigenvalue weighted by Crippen LogP contribution is -2.37. The Bertz CT molecular complexity index is 1190. The van der Waals surface area contributed by atoms with Gasteiger partial charge < -0.3 is 30.8 Å². The summed E-state index contributed by atoms with van der Waals surface area (Å²) < 4.78 is 24.5. The minimum absolute atomic E-state index is 0.0873. The van der Waals surface area contributed by atoms with E-state index >= 15 is 0 Å². The van der Waals surface area contributed by atoms with Crippen molar-refractivity contribution >= 4 is 5.84 Å². The summed E-state index contributed by atoms with van der Waals surface area (Å²) in [6.07, 6.45) is 8.85. The molecule has 3 atom stereocenters. The zero-order valence-corrected chi connectivity index (χ0v) is 18.5. The molecule has 34 heavy (non-hydrogen) atoms. The maximum Gasteiger partial charge on any atom is 0.303 e. The van der Waals surface area contributed by atoms with Crippen LogP contribution in [0.4, 0.5) is 4.39 Å². The van der Waals surface area contributed by atoms with E-state index in [1.54, 1.807) is 12.1 Å². The van der Waals surface area contributed by atoms with Gasteiger partial charge in [-0.15, -0.1) is 0 Å². The molecule has 0 amide bonds. The second kappa shape index (κ2) is 9.42. The quantitative estimate of drug-likeness (QED) is 0.287. The molecule has 0 bridgehead atoms. The van der Waals surface area contributed by atoms with Gasteiger partial charge >= 0.3 is 6.41 Å². The zero-order chi connectivity index (χ0) is 23.5. The number of nitrogens with two attached hydrogens (primary N) is 1. The SMILES string of the molecule is COC(N=C(N)C1=CNC2C=CC(C3=CNNC3c3ccc(F)cc3)=CN12)Oc1ccccc1. The van der Waals surface area contributed by atoms with Gasteiger partial charge in [0.05, 0.1) is 6.04 Å². The molecule has 0 aromatic heterocycles. The van der Waals surface area contributed by atoms with Crippen molar-refractivity contribution in [2.24, 2.45) is 10.7 Å². The van der Waals surface area contributed by atoms with Gasteiger partial charge in [-0.2, -0.15) is 4.99 Å². The number of allylic oxidation sites excluding steroid dienone is 1. The minimum Gasteiger partial charge on any atom is -0.445 e. The van der Waals surface area contributed by atoms with Gasteiger partial charge in [0.1, 0.15) is 23.4 Å². The van der Waals surface area contributed by atoms with Crippen molar-refractivity contribution in [3.05, 3.63) is 114 Å². The van der Waals surface area contributed by atoms with Gasteiger partial charge in [0.2, 0.25) is 0 Å². The second-order valence-corrected chi connectivity index (χ2v) is 7.85. The second-order valence-electron chi connectivity index (χ2n) is 7.85. The van der Waals surface area contributed by atoms with Crippen LogP contribution in [0.3, 0.4) is 0 Å². The molecule has 3 aliphatic heterocycles. The lowest BCUT2D eigenvalue weighted by atomic mass is 9.93. The van der Waals surface area contributed by atoms with E-state index in [0.717, 1.165) is 16.7 Å². The first kappa shape index (κ1) is 21.7. The van der Waals surface area contributed by atoms with Crippen LogP contribution in [-0.2, 0) is 4.74 Å². The zero-order valence-electron chi connectivity index (χ0n) is 18.5. The number of hydrazine groups is 1. The molecule has 0 spiro atoms. The average molecular weight is 461 g/mol. The van der Waals surface area contributed by atoms with Gasteiger partial charge in [0.15, 0.2) is 5.84 Å². The van der Waals surface area contributed by atoms with E-state index < -0.39 is 6.41 Å². The molecule has 0 saturated heterocycles. The summed E-state index contributed by atoms with van der Waals surface area (Å²) in [6.45, 7) is 0. The molecule has 0 radical (unpaired) electrons. The third kappa shape index (κ3) is 4.39. The summed E-state index contributed by atoms with van der Waals surface area (Å²) in [5.74, 6) is 0.638. The Morgan fingerprint density at radius 1 is 1.12 bits per heavy atom. The van der Waals surface area contributed by atoms with Gasteiger partial charge in [-0.3, -0.25) is 0 Å². The Morgan fingerprint density at radius 2 is 1.91 bits per heavy atom. The summed E-state index contributed by atoms with van der Waals surface area (Å²) in [5.41, 5.74) is 16.3. The minimum atomic E-state index is -0.889. The van der Waals surface area contributed by atoms with E-state index in [2.05, 4.69) is 21.2 Å². The van der Waals surface area contributed by atoms with Gasteiger partial charge in [0.25, 0.3) is 0 Å². The van der Waals surface area contributed by atoms with Crippen LogP contribution in [-0.4, -0.2) is 30.4 Å². The van der Waals surface area contributed by atoms with Crippen molar-refractivity contribution in [3.8, 4) is 5.75 Å². The van der Waals surface area contributed by atoms with Crippen LogP contribution < -0.4 is 26.6 Å². The van der Waals surface area contributed by atoms with Gasteiger partial charge in [0, 0.05) is 31.3 Å². The first-order valence-corrected chi connectivity index (χ1v) is 10.8. The molecule has 2 aromatic rings. The molecule has 8 nitrogen and oxygen atoms in total. The fourth-order valence-electron chi connectivity index (χ4n) is 3.99. The fraction of sp³-hybridized carbons (Fsp3) is 0.160. The Balaban J connectivity index is 1.36. The van der Waals surface area contributed by atoms with Gasteiger partial charge in [-0.1, -0.05) is 36.4 Å². The Morgan fingerprint density at radius 3 is 2.68 bits per heavy atom. The van der Waals surface area contributed by atoms with Crippen LogP contribution in [0.15, 0.2) is 107 Å². The van der Waals surface area contributed by atoms with Crippen LogP contribution in [0, 0.1) is 5.82 Å². The summed E-state index contributed by atoms with van der Waals surface area (Å²) >= 11 is 0. The predicted molar refractivity (Wildman–Crippen MR) is 127 cm³/mol. The third-order valence-corrected chi connectivity index (χ3v) is 5.70. The number of hydrogen-bond donors (Lipinski definition) is 4. The normalized spacial score (nSPS) is 22.2. The van der Waals surface area contributed by atoms with Crippen molar-refractivity contribution < 1.29 is 13.9 Å². The first-order chi connectivity index (χ1) is 16.6. The average Bonchev–Trinajstić information content (AvgIpc) is 3.52. The molecule has 2 aromatic carbocycles. The molecule has 5 rings (SSSR count). The Hall–Kier alpha value is -4.08. The molecular weight excluding hydrogens is 435 g/mol. The number of nitrogens with one attached hydrogen (secondary N) is 3. The number of hydrogen-bond acceptors (Lipinski definition) is 7. The largest absolute Gasteiger partial charge is 0.445 e. The van der Waals surface area contributed by atoms with Crippen LogP contribution >= 0.6 is 0 Å². The van der Waals surface area contributed by atoms with E-state index in [0.29, 0.717) is 11.4 Å². The predicted octanol–water partition coefficient (Wildman–Crippen LogP) is 2.75. The standard InChI is InChI=1S/C25H25FN6O2/c1-33-25(34-19-5-3-2-4-6-19)30-24(27)21-14-28-22-12-9-17(15-32(21)22)20-13-29-31-23(20)16-7-10-18(26)11-8-16/h2-15,22-23,25,28-29,31H,1H3,(H2,27,30). The Labute approximate surface area is 196 Å². The number of ether oxygens (including phenoxy) is 2. The summed E-state index contributed by atoms with van der Waals surface area (Å²) in [5, 5.41) is 3.29. The van der Waals surface area contributed by atoms with Crippen LogP contribution in [0.1, 0.15) is 11.6 Å². The number of halogens is 1. The molecule has 0 fully saturated rings. The van der Waals surface area contributed by atoms with Crippen molar-refractivity contribution in [1.29, 1.82) is 0 Å². The van der Waals surface area contributed by atoms with Gasteiger partial charge in [-0.25, -0.2) is 9.82 Å². The van der Waals surface area contributed by atoms with Crippen LogP contribution in [0.25, 0.3) is 0 Å². The van der Waals surface area contributed by atoms with Crippen molar-refractivity contribution in [3.63, 3.8) is 0 Å². The summed E-state index contributed by atoms with van der Waals surface area (Å²) in [6, 6.07) is 15.6. The maximum atomic E-state index is 13.4. The van der Waals surface area contributed by atoms with E-state index in [1.807, 2.05) is 66.0 Å². The first-order valence-electron chi connectivity index (χ1n) is 10.8. The maximum absolute atomic E-state index is 13.4. The molecule has 3 aliphatic rings. The third-order valence-electron chi connectivity index (χ3n) is 5.70. The van der Waals surface area contributed by atoms with Gasteiger partial charge in [-0.05, 0) is 41.5 Å². The van der Waals surface area contributed by atoms with E-state index in [4.69, 9.17) is 15.2 Å². The number of nitrogens with zero attached hydrogens (tertiary/aromatic N) is 2. The van der Waals surface area contributed by atoms with Crippen molar-refractivity contribution in [2.45, 2.75) is 18.6 Å². The highest BCUT2D eigenvalue weighted by atomic mass is 19.1. The number of para-hydroxylation sites is 1. The topological polar surface area (TPSA) is 96.2 Å². The number of benzene rings is 2. The highest BCUT2D eigenvalue weighted by Gasteiger charge is 2.31. The molecule has 3 heterocycles. The summed E-state index contributed by atoms with van der Waals surface area (Å²) in [4.78, 5) is 6.43. The molecule has 174 valence electrons. The molecule has 9 heteroatoms. The number of methoxy groups -OCH3 is 1. The molecule has 3 unspecified atom stereocenters. The number of rotatable bonds is 7. The number of amidine groups is 1. The highest BCUT2D eigenvalue weighted by Crippen LogP contribution is 2.34. The highest BCUT2D eigenvalue weighted by molar-refractivity contribution is 5.97. The molecule has 0 saturated carbocycles. The van der Waals surface area contributed by atoms with E-state index in [-0.39, 0.29) is 23.9 Å². The van der Waals surface area contributed by atoms with Crippen LogP contribution in [0.2, 0.25) is 0 Å². The fourth-order valence-corrected chi connectivity index (χ4v) is 3.99. The Kier molecular flexibility index (Phi) is 6.03. The summed E-state index contributed by atoms with van der Waals surface area (Å²) in [7, 11) is 1.51. The number of fused-ring (bicyclic) bond motifs is 1. The molecular formula is C25H25FN6O2. The molecule has 5 N–H and O–H groups in total. The van der Waals surface area contributed by atoms with Crippen molar-refractivity contribution in [2.75, 3.05) is 7.11 Å². The van der Waals surface area contributed by atoms with Crippen LogP contribution in [0.5, 0.6) is 5.75 Å². The van der Waals surface area contributed by atoms with E-state index in [1.165, 1.54) is 19.2 Å². The molecule has 0 aliphatic carbocycles.